The maximum atomic E-state index is 6.11. The molecule has 102 valence electrons. The number of halogens is 1. The third-order valence-corrected chi connectivity index (χ3v) is 4.06. The Hall–Kier alpha value is -1.54. The first-order valence-corrected chi connectivity index (χ1v) is 8.11. The molecule has 0 aliphatic carbocycles. The number of ether oxygens (including phenoxy) is 1. The molecule has 3 aromatic rings. The lowest BCUT2D eigenvalue weighted by atomic mass is 10.0. The van der Waals surface area contributed by atoms with Crippen LogP contribution in [0.5, 0.6) is 5.75 Å². The van der Waals surface area contributed by atoms with Gasteiger partial charge in [-0.15, -0.1) is 0 Å². The third-order valence-electron chi connectivity index (χ3n) is 3.50. The van der Waals surface area contributed by atoms with Gasteiger partial charge < -0.3 is 4.74 Å². The normalized spacial score (nSPS) is 11.1. The highest BCUT2D eigenvalue weighted by atomic mass is 79.9. The molecule has 0 amide bonds. The van der Waals surface area contributed by atoms with Gasteiger partial charge in [-0.1, -0.05) is 64.5 Å². The minimum Gasteiger partial charge on any atom is -0.492 e. The summed E-state index contributed by atoms with van der Waals surface area (Å²) in [7, 11) is 0. The Balaban J connectivity index is 2.08. The average Bonchev–Trinajstić information content (AvgIpc) is 2.50. The number of benzene rings is 3. The maximum absolute atomic E-state index is 6.11. The van der Waals surface area contributed by atoms with E-state index in [1.165, 1.54) is 21.5 Å². The van der Waals surface area contributed by atoms with Crippen LogP contribution in [0.1, 0.15) is 12.8 Å². The van der Waals surface area contributed by atoms with Crippen LogP contribution in [0.2, 0.25) is 0 Å². The maximum Gasteiger partial charge on any atom is 0.134 e. The quantitative estimate of drug-likeness (QED) is 0.339. The molecule has 0 aliphatic heterocycles. The van der Waals surface area contributed by atoms with Gasteiger partial charge in [0.25, 0.3) is 0 Å². The van der Waals surface area contributed by atoms with Crippen LogP contribution in [-0.4, -0.2) is 11.9 Å². The number of unbranched alkanes of at least 4 members (excludes halogenated alkanes) is 1. The highest BCUT2D eigenvalue weighted by Crippen LogP contribution is 2.34. The molecule has 0 aliphatic rings. The molecule has 0 N–H and O–H groups in total. The number of alkyl halides is 1. The zero-order valence-electron chi connectivity index (χ0n) is 11.3. The van der Waals surface area contributed by atoms with Crippen LogP contribution in [0.15, 0.2) is 54.6 Å². The molecule has 0 atom stereocenters. The molecule has 0 bridgehead atoms. The van der Waals surface area contributed by atoms with Crippen molar-refractivity contribution in [1.82, 2.24) is 0 Å². The fourth-order valence-corrected chi connectivity index (χ4v) is 2.89. The SMILES string of the molecule is BrCCCCOc1c2ccccc2cc2ccccc12. The fraction of sp³-hybridized carbons (Fsp3) is 0.222. The van der Waals surface area contributed by atoms with Crippen molar-refractivity contribution >= 4 is 37.5 Å². The Morgan fingerprint density at radius 1 is 0.800 bits per heavy atom. The van der Waals surface area contributed by atoms with Crippen molar-refractivity contribution in [2.24, 2.45) is 0 Å². The molecule has 0 spiro atoms. The predicted molar refractivity (Wildman–Crippen MR) is 90.0 cm³/mol. The second kappa shape index (κ2) is 6.27. The Morgan fingerprint density at radius 3 is 2.00 bits per heavy atom. The molecular weight excluding hydrogens is 312 g/mol. The lowest BCUT2D eigenvalue weighted by Crippen LogP contribution is -1.99. The first kappa shape index (κ1) is 13.4. The van der Waals surface area contributed by atoms with Gasteiger partial charge in [0, 0.05) is 16.1 Å². The summed E-state index contributed by atoms with van der Waals surface area (Å²) < 4.78 is 6.11. The van der Waals surface area contributed by atoms with Crippen molar-refractivity contribution in [3.8, 4) is 5.75 Å². The van der Waals surface area contributed by atoms with Crippen LogP contribution in [-0.2, 0) is 0 Å². The van der Waals surface area contributed by atoms with E-state index < -0.39 is 0 Å². The highest BCUT2D eigenvalue weighted by Gasteiger charge is 2.08. The van der Waals surface area contributed by atoms with E-state index in [1.54, 1.807) is 0 Å². The number of rotatable bonds is 5. The third kappa shape index (κ3) is 2.66. The second-order valence-corrected chi connectivity index (χ2v) is 5.69. The molecule has 0 saturated carbocycles. The summed E-state index contributed by atoms with van der Waals surface area (Å²) in [5.74, 6) is 1.02. The van der Waals surface area contributed by atoms with Gasteiger partial charge in [-0.25, -0.2) is 0 Å². The van der Waals surface area contributed by atoms with Crippen LogP contribution in [0.3, 0.4) is 0 Å². The van der Waals surface area contributed by atoms with Crippen molar-refractivity contribution in [3.63, 3.8) is 0 Å². The first-order chi connectivity index (χ1) is 9.90. The molecule has 0 radical (unpaired) electrons. The average molecular weight is 329 g/mol. The zero-order valence-corrected chi connectivity index (χ0v) is 12.9. The van der Waals surface area contributed by atoms with Crippen LogP contribution >= 0.6 is 15.9 Å². The number of hydrogen-bond donors (Lipinski definition) is 0. The van der Waals surface area contributed by atoms with E-state index in [0.29, 0.717) is 0 Å². The van der Waals surface area contributed by atoms with Crippen molar-refractivity contribution in [2.75, 3.05) is 11.9 Å². The predicted octanol–water partition coefficient (Wildman–Crippen LogP) is 5.55. The fourth-order valence-electron chi connectivity index (χ4n) is 2.50. The Kier molecular flexibility index (Phi) is 4.22. The van der Waals surface area contributed by atoms with E-state index >= 15 is 0 Å². The van der Waals surface area contributed by atoms with E-state index in [2.05, 4.69) is 70.5 Å². The molecule has 3 aromatic carbocycles. The second-order valence-electron chi connectivity index (χ2n) is 4.89. The van der Waals surface area contributed by atoms with Crippen molar-refractivity contribution in [2.45, 2.75) is 12.8 Å². The van der Waals surface area contributed by atoms with Gasteiger partial charge in [0.1, 0.15) is 5.75 Å². The van der Waals surface area contributed by atoms with E-state index in [1.807, 2.05) is 0 Å². The summed E-state index contributed by atoms with van der Waals surface area (Å²) >= 11 is 3.46. The Bertz CT molecular complexity index is 667. The molecule has 2 heteroatoms. The van der Waals surface area contributed by atoms with Crippen LogP contribution in [0.4, 0.5) is 0 Å². The van der Waals surface area contributed by atoms with E-state index in [0.717, 1.165) is 30.5 Å². The van der Waals surface area contributed by atoms with Crippen molar-refractivity contribution in [3.05, 3.63) is 54.6 Å². The van der Waals surface area contributed by atoms with Crippen LogP contribution in [0, 0.1) is 0 Å². The summed E-state index contributed by atoms with van der Waals surface area (Å²) in [5.41, 5.74) is 0. The molecule has 0 fully saturated rings. The molecular formula is C18H17BrO. The first-order valence-electron chi connectivity index (χ1n) is 6.99. The van der Waals surface area contributed by atoms with Gasteiger partial charge in [-0.05, 0) is 29.7 Å². The van der Waals surface area contributed by atoms with Gasteiger partial charge in [0.05, 0.1) is 6.61 Å². The molecule has 0 aromatic heterocycles. The number of fused-ring (bicyclic) bond motifs is 2. The van der Waals surface area contributed by atoms with Gasteiger partial charge in [0.2, 0.25) is 0 Å². The minimum atomic E-state index is 0.767. The Labute approximate surface area is 127 Å². The summed E-state index contributed by atoms with van der Waals surface area (Å²) in [4.78, 5) is 0. The molecule has 0 saturated heterocycles. The smallest absolute Gasteiger partial charge is 0.134 e. The van der Waals surface area contributed by atoms with Crippen molar-refractivity contribution < 1.29 is 4.74 Å². The molecule has 3 rings (SSSR count). The van der Waals surface area contributed by atoms with E-state index in [-0.39, 0.29) is 0 Å². The molecule has 20 heavy (non-hydrogen) atoms. The summed E-state index contributed by atoms with van der Waals surface area (Å²) in [6.07, 6.45) is 2.21. The minimum absolute atomic E-state index is 0.767. The largest absolute Gasteiger partial charge is 0.492 e. The van der Waals surface area contributed by atoms with Crippen LogP contribution in [0.25, 0.3) is 21.5 Å². The molecule has 1 nitrogen and oxygen atoms in total. The topological polar surface area (TPSA) is 9.23 Å². The molecule has 0 unspecified atom stereocenters. The Morgan fingerprint density at radius 2 is 1.40 bits per heavy atom. The summed E-state index contributed by atoms with van der Waals surface area (Å²) in [5, 5.41) is 5.91. The zero-order chi connectivity index (χ0) is 13.8. The van der Waals surface area contributed by atoms with Gasteiger partial charge >= 0.3 is 0 Å². The highest BCUT2D eigenvalue weighted by molar-refractivity contribution is 9.09. The lowest BCUT2D eigenvalue weighted by Gasteiger charge is -2.13. The van der Waals surface area contributed by atoms with Gasteiger partial charge in [-0.3, -0.25) is 0 Å². The monoisotopic (exact) mass is 328 g/mol. The lowest BCUT2D eigenvalue weighted by molar-refractivity contribution is 0.317. The summed E-state index contributed by atoms with van der Waals surface area (Å²) in [6.45, 7) is 0.767. The van der Waals surface area contributed by atoms with E-state index in [4.69, 9.17) is 4.74 Å². The van der Waals surface area contributed by atoms with Crippen molar-refractivity contribution in [1.29, 1.82) is 0 Å². The standard InChI is InChI=1S/C18H17BrO/c19-11-5-6-12-20-18-16-9-3-1-7-14(16)13-15-8-2-4-10-17(15)18/h1-4,7-10,13H,5-6,11-12H2. The number of hydrogen-bond acceptors (Lipinski definition) is 1. The van der Waals surface area contributed by atoms with E-state index in [9.17, 15) is 0 Å². The van der Waals surface area contributed by atoms with Gasteiger partial charge in [0.15, 0.2) is 0 Å². The molecule has 0 heterocycles. The summed E-state index contributed by atoms with van der Waals surface area (Å²) in [6, 6.07) is 19.1. The van der Waals surface area contributed by atoms with Crippen LogP contribution < -0.4 is 4.74 Å². The van der Waals surface area contributed by atoms with Gasteiger partial charge in [-0.2, -0.15) is 0 Å².